The molecule has 0 aliphatic carbocycles. The molecule has 0 aromatic heterocycles. The van der Waals surface area contributed by atoms with Crippen LogP contribution in [0.15, 0.2) is 18.2 Å². The van der Waals surface area contributed by atoms with Gasteiger partial charge in [0.15, 0.2) is 0 Å². The van der Waals surface area contributed by atoms with E-state index in [0.29, 0.717) is 15.6 Å². The molecule has 1 N–H and O–H groups in total. The first-order chi connectivity index (χ1) is 5.88. The number of hydrogen-bond donors (Lipinski definition) is 1. The van der Waals surface area contributed by atoms with Crippen molar-refractivity contribution in [1.82, 2.24) is 0 Å². The molecule has 0 heterocycles. The molecule has 1 aromatic carbocycles. The molecule has 0 saturated heterocycles. The second kappa shape index (κ2) is 4.20. The minimum Gasteiger partial charge on any atom is -0.333 e. The summed E-state index contributed by atoms with van der Waals surface area (Å²) >= 11 is 16.6. The maximum Gasteiger partial charge on any atom is 0.291 e. The maximum atomic E-state index is 10.9. The van der Waals surface area contributed by atoms with Crippen LogP contribution in [0.4, 0.5) is 0 Å². The lowest BCUT2D eigenvalue weighted by atomic mass is 10.2. The molecule has 2 nitrogen and oxygen atoms in total. The van der Waals surface area contributed by atoms with E-state index in [9.17, 15) is 4.57 Å². The predicted molar refractivity (Wildman–Crippen MR) is 55.8 cm³/mol. The summed E-state index contributed by atoms with van der Waals surface area (Å²) in [7, 11) is 0. The Kier molecular flexibility index (Phi) is 3.67. The predicted octanol–water partition coefficient (Wildman–Crippen LogP) is 3.92. The topological polar surface area (TPSA) is 37.3 Å². The quantitative estimate of drug-likeness (QED) is 0.817. The Balaban J connectivity index is 2.97. The number of halogens is 3. The van der Waals surface area contributed by atoms with Gasteiger partial charge in [-0.2, -0.15) is 0 Å². The van der Waals surface area contributed by atoms with Gasteiger partial charge in [-0.15, -0.1) is 0 Å². The van der Waals surface area contributed by atoms with E-state index >= 15 is 0 Å². The summed E-state index contributed by atoms with van der Waals surface area (Å²) in [5, 5.41) is 0.832. The summed E-state index contributed by atoms with van der Waals surface area (Å²) in [5.74, 6) is 0. The molecule has 1 rings (SSSR count). The second-order valence-electron chi connectivity index (χ2n) is 2.51. The Labute approximate surface area is 90.7 Å². The first kappa shape index (κ1) is 11.4. The van der Waals surface area contributed by atoms with Crippen LogP contribution in [-0.4, -0.2) is 4.89 Å². The monoisotopic (exact) mass is 258 g/mol. The average molecular weight is 259 g/mol. The lowest BCUT2D eigenvalue weighted by Crippen LogP contribution is -1.84. The highest BCUT2D eigenvalue weighted by atomic mass is 35.7. The van der Waals surface area contributed by atoms with Crippen molar-refractivity contribution in [3.05, 3.63) is 33.8 Å². The fourth-order valence-corrected chi connectivity index (χ4v) is 2.51. The van der Waals surface area contributed by atoms with Gasteiger partial charge in [0.1, 0.15) is 0 Å². The highest BCUT2D eigenvalue weighted by molar-refractivity contribution is 7.83. The number of benzene rings is 1. The number of rotatable bonds is 2. The highest BCUT2D eigenvalue weighted by Gasteiger charge is 2.16. The van der Waals surface area contributed by atoms with Crippen molar-refractivity contribution >= 4 is 41.2 Å². The van der Waals surface area contributed by atoms with Gasteiger partial charge in [0.25, 0.3) is 6.72 Å². The van der Waals surface area contributed by atoms with E-state index < -0.39 is 6.72 Å². The average Bonchev–Trinajstić information content (AvgIpc) is 1.93. The third-order valence-electron chi connectivity index (χ3n) is 1.38. The van der Waals surface area contributed by atoms with E-state index in [0.717, 1.165) is 0 Å². The number of hydrogen-bond acceptors (Lipinski definition) is 1. The summed E-state index contributed by atoms with van der Waals surface area (Å²) in [6.07, 6.45) is -0.148. The van der Waals surface area contributed by atoms with Crippen LogP contribution in [0.3, 0.4) is 0 Å². The zero-order valence-corrected chi connectivity index (χ0v) is 9.54. The largest absolute Gasteiger partial charge is 0.333 e. The van der Waals surface area contributed by atoms with Gasteiger partial charge >= 0.3 is 0 Å². The van der Waals surface area contributed by atoms with Crippen LogP contribution < -0.4 is 0 Å². The highest BCUT2D eigenvalue weighted by Crippen LogP contribution is 2.50. The van der Waals surface area contributed by atoms with Gasteiger partial charge in [-0.3, -0.25) is 4.57 Å². The molecular weight excluding hydrogens is 253 g/mol. The Morgan fingerprint density at radius 2 is 2.00 bits per heavy atom. The molecule has 13 heavy (non-hydrogen) atoms. The molecule has 72 valence electrons. The molecule has 1 unspecified atom stereocenters. The molecule has 1 aromatic rings. The lowest BCUT2D eigenvalue weighted by Gasteiger charge is -2.05. The molecule has 0 fully saturated rings. The van der Waals surface area contributed by atoms with E-state index in [1.807, 2.05) is 0 Å². The summed E-state index contributed by atoms with van der Waals surface area (Å²) < 4.78 is 10.9. The van der Waals surface area contributed by atoms with Gasteiger partial charge in [-0.1, -0.05) is 29.3 Å². The second-order valence-corrected chi connectivity index (χ2v) is 6.49. The molecule has 0 spiro atoms. The Morgan fingerprint density at radius 3 is 2.46 bits per heavy atom. The zero-order chi connectivity index (χ0) is 10.1. The zero-order valence-electron chi connectivity index (χ0n) is 6.38. The van der Waals surface area contributed by atoms with Crippen molar-refractivity contribution in [2.75, 3.05) is 0 Å². The third kappa shape index (κ3) is 3.88. The van der Waals surface area contributed by atoms with Crippen molar-refractivity contribution in [2.24, 2.45) is 0 Å². The van der Waals surface area contributed by atoms with Gasteiger partial charge in [0.05, 0.1) is 6.16 Å². The Morgan fingerprint density at radius 1 is 1.38 bits per heavy atom. The fraction of sp³-hybridized carbons (Fsp3) is 0.143. The van der Waals surface area contributed by atoms with Gasteiger partial charge in [-0.05, 0) is 28.9 Å². The van der Waals surface area contributed by atoms with Gasteiger partial charge in [-0.25, -0.2) is 0 Å². The van der Waals surface area contributed by atoms with Crippen LogP contribution in [0, 0.1) is 0 Å². The smallest absolute Gasteiger partial charge is 0.291 e. The normalized spacial score (nSPS) is 15.4. The van der Waals surface area contributed by atoms with E-state index in [-0.39, 0.29) is 6.16 Å². The molecule has 0 bridgehead atoms. The van der Waals surface area contributed by atoms with E-state index in [1.165, 1.54) is 6.07 Å². The van der Waals surface area contributed by atoms with Crippen LogP contribution in [-0.2, 0) is 10.7 Å². The SMILES string of the molecule is O=P(O)(Cl)Cc1ccc(Cl)cc1Cl. The van der Waals surface area contributed by atoms with Gasteiger partial charge in [0, 0.05) is 10.0 Å². The standard InChI is InChI=1S/C7H6Cl3O2P/c8-6-2-1-5(7(9)3-6)4-13(10,11)12/h1-3H,4H2,(H,11,12). The summed E-state index contributed by atoms with van der Waals surface area (Å²) in [5.41, 5.74) is 0.520. The molecule has 0 saturated carbocycles. The molecule has 0 amide bonds. The molecule has 0 aliphatic heterocycles. The summed E-state index contributed by atoms with van der Waals surface area (Å²) in [4.78, 5) is 8.89. The van der Waals surface area contributed by atoms with Gasteiger partial charge < -0.3 is 4.89 Å². The molecule has 0 radical (unpaired) electrons. The van der Waals surface area contributed by atoms with Gasteiger partial charge in [0.2, 0.25) is 0 Å². The first-order valence-electron chi connectivity index (χ1n) is 3.34. The van der Waals surface area contributed by atoms with Crippen LogP contribution in [0.1, 0.15) is 5.56 Å². The maximum absolute atomic E-state index is 10.9. The van der Waals surface area contributed by atoms with Crippen molar-refractivity contribution in [2.45, 2.75) is 6.16 Å². The van der Waals surface area contributed by atoms with Crippen LogP contribution >= 0.6 is 41.2 Å². The minimum atomic E-state index is -3.58. The summed E-state index contributed by atoms with van der Waals surface area (Å²) in [6, 6.07) is 4.68. The third-order valence-corrected chi connectivity index (χ3v) is 3.06. The molecule has 6 heteroatoms. The lowest BCUT2D eigenvalue weighted by molar-refractivity contribution is 0.495. The van der Waals surface area contributed by atoms with Crippen LogP contribution in [0.5, 0.6) is 0 Å². The van der Waals surface area contributed by atoms with E-state index in [2.05, 4.69) is 0 Å². The summed E-state index contributed by atoms with van der Waals surface area (Å²) in [6.45, 7) is -3.58. The van der Waals surface area contributed by atoms with Crippen LogP contribution in [0.2, 0.25) is 10.0 Å². The van der Waals surface area contributed by atoms with Crippen molar-refractivity contribution in [3.63, 3.8) is 0 Å². The van der Waals surface area contributed by atoms with Crippen molar-refractivity contribution in [1.29, 1.82) is 0 Å². The molecular formula is C7H6Cl3O2P. The first-order valence-corrected chi connectivity index (χ1v) is 6.84. The fourth-order valence-electron chi connectivity index (χ4n) is 0.860. The van der Waals surface area contributed by atoms with Crippen LogP contribution in [0.25, 0.3) is 0 Å². The van der Waals surface area contributed by atoms with Crippen molar-refractivity contribution in [3.8, 4) is 0 Å². The molecule has 0 aliphatic rings. The van der Waals surface area contributed by atoms with E-state index in [1.54, 1.807) is 12.1 Å². The Hall–Kier alpha value is 0.280. The Bertz CT molecular complexity index is 361. The van der Waals surface area contributed by atoms with E-state index in [4.69, 9.17) is 39.3 Å². The minimum absolute atomic E-state index is 0.148. The molecule has 1 atom stereocenters. The van der Waals surface area contributed by atoms with Crippen molar-refractivity contribution < 1.29 is 9.46 Å².